The van der Waals surface area contributed by atoms with Crippen molar-refractivity contribution in [2.45, 2.75) is 13.5 Å². The molecule has 0 atom stereocenters. The lowest BCUT2D eigenvalue weighted by Gasteiger charge is -2.10. The molecule has 1 heterocycles. The third-order valence-electron chi connectivity index (χ3n) is 2.38. The number of ether oxygens (including phenoxy) is 2. The first-order valence-electron chi connectivity index (χ1n) is 5.81. The quantitative estimate of drug-likeness (QED) is 0.911. The predicted octanol–water partition coefficient (Wildman–Crippen LogP) is 2.69. The van der Waals surface area contributed by atoms with E-state index < -0.39 is 0 Å². The number of hydrogen-bond donors (Lipinski definition) is 1. The molecule has 1 aromatic heterocycles. The van der Waals surface area contributed by atoms with Gasteiger partial charge in [-0.2, -0.15) is 9.97 Å². The van der Waals surface area contributed by atoms with Gasteiger partial charge in [-0.05, 0) is 24.6 Å². The molecule has 100 valence electrons. The first-order chi connectivity index (χ1) is 9.20. The van der Waals surface area contributed by atoms with Gasteiger partial charge >= 0.3 is 0 Å². The third kappa shape index (κ3) is 3.48. The molecule has 2 aromatic rings. The minimum atomic E-state index is 0.304. The van der Waals surface area contributed by atoms with Crippen LogP contribution in [0.15, 0.2) is 30.6 Å². The molecular weight excluding hydrogens is 266 g/mol. The molecule has 0 saturated carbocycles. The molecule has 0 aliphatic carbocycles. The van der Waals surface area contributed by atoms with E-state index in [0.717, 1.165) is 5.56 Å². The Kier molecular flexibility index (Phi) is 4.41. The Morgan fingerprint density at radius 1 is 1.11 bits per heavy atom. The number of rotatable bonds is 5. The molecule has 0 unspecified atom stereocenters. The van der Waals surface area contributed by atoms with Gasteiger partial charge in [0.25, 0.3) is 0 Å². The number of hydrogen-bond acceptors (Lipinski definition) is 5. The number of halogens is 1. The van der Waals surface area contributed by atoms with Crippen LogP contribution in [-0.2, 0) is 6.61 Å². The van der Waals surface area contributed by atoms with Gasteiger partial charge in [-0.3, -0.25) is 0 Å². The van der Waals surface area contributed by atoms with E-state index in [1.807, 2.05) is 19.1 Å². The zero-order valence-corrected chi connectivity index (χ0v) is 11.2. The van der Waals surface area contributed by atoms with Gasteiger partial charge in [-0.25, -0.2) is 0 Å². The second kappa shape index (κ2) is 6.24. The Morgan fingerprint density at radius 2 is 1.74 bits per heavy atom. The van der Waals surface area contributed by atoms with Crippen molar-refractivity contribution in [1.82, 2.24) is 9.97 Å². The molecule has 0 amide bonds. The molecule has 0 aliphatic heterocycles. The maximum absolute atomic E-state index is 5.86. The minimum Gasteiger partial charge on any atom is -0.476 e. The average molecular weight is 280 g/mol. The van der Waals surface area contributed by atoms with Crippen LogP contribution >= 0.6 is 11.6 Å². The fourth-order valence-electron chi connectivity index (χ4n) is 1.46. The lowest BCUT2D eigenvalue weighted by Crippen LogP contribution is -2.05. The van der Waals surface area contributed by atoms with E-state index in [4.69, 9.17) is 26.8 Å². The van der Waals surface area contributed by atoms with E-state index in [1.54, 1.807) is 12.1 Å². The number of aromatic nitrogens is 2. The summed E-state index contributed by atoms with van der Waals surface area (Å²) in [6, 6.07) is 7.36. The smallest absolute Gasteiger partial charge is 0.244 e. The van der Waals surface area contributed by atoms with E-state index in [9.17, 15) is 0 Å². The Morgan fingerprint density at radius 3 is 2.37 bits per heavy atom. The van der Waals surface area contributed by atoms with E-state index in [1.165, 1.54) is 6.33 Å². The highest BCUT2D eigenvalue weighted by atomic mass is 35.5. The summed E-state index contributed by atoms with van der Waals surface area (Å²) >= 11 is 5.81. The summed E-state index contributed by atoms with van der Waals surface area (Å²) in [6.07, 6.45) is 1.36. The molecule has 0 fully saturated rings. The van der Waals surface area contributed by atoms with Gasteiger partial charge in [0.2, 0.25) is 11.8 Å². The number of benzene rings is 1. The molecule has 0 aliphatic rings. The van der Waals surface area contributed by atoms with E-state index in [0.29, 0.717) is 35.7 Å². The summed E-state index contributed by atoms with van der Waals surface area (Å²) in [5.74, 6) is 0.650. The fraction of sp³-hybridized carbons (Fsp3) is 0.231. The molecule has 0 radical (unpaired) electrons. The molecule has 19 heavy (non-hydrogen) atoms. The van der Waals surface area contributed by atoms with Crippen LogP contribution in [-0.4, -0.2) is 16.6 Å². The molecule has 0 bridgehead atoms. The van der Waals surface area contributed by atoms with Crippen LogP contribution in [0, 0.1) is 0 Å². The number of nitrogens with zero attached hydrogens (tertiary/aromatic N) is 2. The van der Waals surface area contributed by atoms with Crippen LogP contribution in [0.5, 0.6) is 11.8 Å². The van der Waals surface area contributed by atoms with Gasteiger partial charge in [0, 0.05) is 5.02 Å². The van der Waals surface area contributed by atoms with Crippen molar-refractivity contribution in [3.63, 3.8) is 0 Å². The standard InChI is InChI=1S/C13H14ClN3O2/c1-2-18-12-11(15)13(17-8-16-12)19-7-9-3-5-10(14)6-4-9/h3-6,8H,2,7,15H2,1H3. The minimum absolute atomic E-state index is 0.304. The normalized spacial score (nSPS) is 10.2. The maximum atomic E-state index is 5.86. The van der Waals surface area contributed by atoms with Crippen molar-refractivity contribution >= 4 is 17.3 Å². The second-order valence-electron chi connectivity index (χ2n) is 3.75. The molecule has 2 rings (SSSR count). The van der Waals surface area contributed by atoms with Crippen molar-refractivity contribution in [1.29, 1.82) is 0 Å². The predicted molar refractivity (Wildman–Crippen MR) is 73.4 cm³/mol. The molecule has 0 saturated heterocycles. The number of anilines is 1. The molecular formula is C13H14ClN3O2. The van der Waals surface area contributed by atoms with Crippen LogP contribution in [0.2, 0.25) is 5.02 Å². The van der Waals surface area contributed by atoms with Crippen molar-refractivity contribution < 1.29 is 9.47 Å². The maximum Gasteiger partial charge on any atom is 0.244 e. The first kappa shape index (κ1) is 13.4. The van der Waals surface area contributed by atoms with Gasteiger partial charge in [0.15, 0.2) is 5.69 Å². The van der Waals surface area contributed by atoms with Crippen LogP contribution in [0.1, 0.15) is 12.5 Å². The van der Waals surface area contributed by atoms with Crippen LogP contribution < -0.4 is 15.2 Å². The summed E-state index contributed by atoms with van der Waals surface area (Å²) in [5, 5.41) is 0.684. The van der Waals surface area contributed by atoms with E-state index in [-0.39, 0.29) is 0 Å². The molecule has 2 N–H and O–H groups in total. The monoisotopic (exact) mass is 279 g/mol. The van der Waals surface area contributed by atoms with Crippen molar-refractivity contribution in [3.8, 4) is 11.8 Å². The molecule has 6 heteroatoms. The third-order valence-corrected chi connectivity index (χ3v) is 2.63. The highest BCUT2D eigenvalue weighted by Gasteiger charge is 2.10. The summed E-state index contributed by atoms with van der Waals surface area (Å²) in [5.41, 5.74) is 7.14. The number of nitrogen functional groups attached to an aromatic ring is 1. The molecule has 1 aromatic carbocycles. The van der Waals surface area contributed by atoms with Gasteiger partial charge in [0.1, 0.15) is 12.9 Å². The van der Waals surface area contributed by atoms with Crippen LogP contribution in [0.3, 0.4) is 0 Å². The fourth-order valence-corrected chi connectivity index (χ4v) is 1.59. The van der Waals surface area contributed by atoms with Crippen molar-refractivity contribution in [3.05, 3.63) is 41.2 Å². The topological polar surface area (TPSA) is 70.3 Å². The Labute approximate surface area is 116 Å². The summed E-state index contributed by atoms with van der Waals surface area (Å²) in [6.45, 7) is 2.69. The largest absolute Gasteiger partial charge is 0.476 e. The van der Waals surface area contributed by atoms with Crippen LogP contribution in [0.25, 0.3) is 0 Å². The lowest BCUT2D eigenvalue weighted by atomic mass is 10.2. The zero-order valence-electron chi connectivity index (χ0n) is 10.5. The summed E-state index contributed by atoms with van der Waals surface area (Å²) < 4.78 is 10.8. The zero-order chi connectivity index (χ0) is 13.7. The molecule has 0 spiro atoms. The second-order valence-corrected chi connectivity index (χ2v) is 4.18. The first-order valence-corrected chi connectivity index (χ1v) is 6.19. The van der Waals surface area contributed by atoms with Gasteiger partial charge < -0.3 is 15.2 Å². The van der Waals surface area contributed by atoms with E-state index in [2.05, 4.69) is 9.97 Å². The van der Waals surface area contributed by atoms with Gasteiger partial charge in [0.05, 0.1) is 6.61 Å². The highest BCUT2D eigenvalue weighted by molar-refractivity contribution is 6.30. The Balaban J connectivity index is 2.07. The lowest BCUT2D eigenvalue weighted by molar-refractivity contribution is 0.287. The van der Waals surface area contributed by atoms with Gasteiger partial charge in [-0.15, -0.1) is 0 Å². The van der Waals surface area contributed by atoms with Crippen LogP contribution in [0.4, 0.5) is 5.69 Å². The summed E-state index contributed by atoms with van der Waals surface area (Å²) in [7, 11) is 0. The van der Waals surface area contributed by atoms with E-state index >= 15 is 0 Å². The summed E-state index contributed by atoms with van der Waals surface area (Å²) in [4.78, 5) is 7.93. The highest BCUT2D eigenvalue weighted by Crippen LogP contribution is 2.27. The number of nitrogens with two attached hydrogens (primary N) is 1. The Hall–Kier alpha value is -2.01. The average Bonchev–Trinajstić information content (AvgIpc) is 2.42. The van der Waals surface area contributed by atoms with Crippen molar-refractivity contribution in [2.75, 3.05) is 12.3 Å². The molecule has 5 nitrogen and oxygen atoms in total. The SMILES string of the molecule is CCOc1ncnc(OCc2ccc(Cl)cc2)c1N. The van der Waals surface area contributed by atoms with Gasteiger partial charge in [-0.1, -0.05) is 23.7 Å². The Bertz CT molecular complexity index is 546. The van der Waals surface area contributed by atoms with Crippen molar-refractivity contribution in [2.24, 2.45) is 0 Å².